The maximum absolute atomic E-state index is 9.85. The van der Waals surface area contributed by atoms with Gasteiger partial charge in [0.2, 0.25) is 0 Å². The summed E-state index contributed by atoms with van der Waals surface area (Å²) in [6.45, 7) is 0. The molecule has 2 atom stereocenters. The van der Waals surface area contributed by atoms with Gasteiger partial charge >= 0.3 is 0 Å². The summed E-state index contributed by atoms with van der Waals surface area (Å²) in [7, 11) is 0. The SMILES string of the molecule is Nc1ccc([C@H]2c3ccc(O)cc3CC[C@H]2c2ccccc2)cc1. The van der Waals surface area contributed by atoms with Gasteiger partial charge in [-0.15, -0.1) is 0 Å². The fourth-order valence-electron chi connectivity index (χ4n) is 3.98. The Morgan fingerprint density at radius 1 is 0.833 bits per heavy atom. The predicted octanol–water partition coefficient (Wildman–Crippen LogP) is 4.84. The van der Waals surface area contributed by atoms with Gasteiger partial charge in [0.25, 0.3) is 0 Å². The van der Waals surface area contributed by atoms with E-state index in [9.17, 15) is 5.11 Å². The number of benzene rings is 3. The van der Waals surface area contributed by atoms with Gasteiger partial charge in [-0.2, -0.15) is 0 Å². The molecular formula is C22H21NO. The van der Waals surface area contributed by atoms with Gasteiger partial charge in [-0.1, -0.05) is 48.5 Å². The smallest absolute Gasteiger partial charge is 0.115 e. The lowest BCUT2D eigenvalue weighted by atomic mass is 9.69. The van der Waals surface area contributed by atoms with E-state index in [0.717, 1.165) is 18.5 Å². The second kappa shape index (κ2) is 6.04. The monoisotopic (exact) mass is 315 g/mol. The molecule has 0 saturated carbocycles. The van der Waals surface area contributed by atoms with Gasteiger partial charge in [0.15, 0.2) is 0 Å². The standard InChI is InChI=1S/C22H21NO/c23-18-9-6-16(7-10-18)22-20(15-4-2-1-3-5-15)12-8-17-14-19(24)11-13-21(17)22/h1-7,9-11,13-14,20,22,24H,8,12,23H2/t20-,22+/m0/s1. The second-order valence-electron chi connectivity index (χ2n) is 6.58. The van der Waals surface area contributed by atoms with Crippen molar-refractivity contribution >= 4 is 5.69 Å². The number of fused-ring (bicyclic) bond motifs is 1. The van der Waals surface area contributed by atoms with Gasteiger partial charge in [0.05, 0.1) is 0 Å². The van der Waals surface area contributed by atoms with Crippen molar-refractivity contribution in [3.63, 3.8) is 0 Å². The number of rotatable bonds is 2. The van der Waals surface area contributed by atoms with Crippen molar-refractivity contribution < 1.29 is 5.11 Å². The lowest BCUT2D eigenvalue weighted by Gasteiger charge is -2.34. The maximum Gasteiger partial charge on any atom is 0.115 e. The quantitative estimate of drug-likeness (QED) is 0.665. The van der Waals surface area contributed by atoms with Crippen LogP contribution in [0.25, 0.3) is 0 Å². The van der Waals surface area contributed by atoms with E-state index in [2.05, 4.69) is 48.5 Å². The molecule has 3 aromatic rings. The van der Waals surface area contributed by atoms with E-state index < -0.39 is 0 Å². The molecular weight excluding hydrogens is 294 g/mol. The van der Waals surface area contributed by atoms with Gasteiger partial charge in [-0.25, -0.2) is 0 Å². The molecule has 0 unspecified atom stereocenters. The fourth-order valence-corrected chi connectivity index (χ4v) is 3.98. The first-order valence-corrected chi connectivity index (χ1v) is 8.44. The number of aromatic hydroxyl groups is 1. The van der Waals surface area contributed by atoms with Crippen molar-refractivity contribution in [3.8, 4) is 5.75 Å². The molecule has 2 heteroatoms. The van der Waals surface area contributed by atoms with Crippen molar-refractivity contribution in [2.45, 2.75) is 24.7 Å². The van der Waals surface area contributed by atoms with E-state index in [1.54, 1.807) is 6.07 Å². The number of nitrogens with two attached hydrogens (primary N) is 1. The summed E-state index contributed by atoms with van der Waals surface area (Å²) in [5.74, 6) is 1.08. The van der Waals surface area contributed by atoms with Crippen LogP contribution >= 0.6 is 0 Å². The van der Waals surface area contributed by atoms with Crippen LogP contribution in [0.4, 0.5) is 5.69 Å². The summed E-state index contributed by atoms with van der Waals surface area (Å²) in [6, 6.07) is 24.8. The molecule has 0 spiro atoms. The van der Waals surface area contributed by atoms with Crippen LogP contribution in [0.2, 0.25) is 0 Å². The third-order valence-corrected chi connectivity index (χ3v) is 5.11. The molecule has 0 saturated heterocycles. The third kappa shape index (κ3) is 2.65. The number of phenolic OH excluding ortho intramolecular Hbond substituents is 1. The Kier molecular flexibility index (Phi) is 3.73. The summed E-state index contributed by atoms with van der Waals surface area (Å²) >= 11 is 0. The van der Waals surface area contributed by atoms with Crippen LogP contribution in [0.5, 0.6) is 5.75 Å². The summed E-state index contributed by atoms with van der Waals surface area (Å²) < 4.78 is 0. The van der Waals surface area contributed by atoms with Gasteiger partial charge in [-0.3, -0.25) is 0 Å². The van der Waals surface area contributed by atoms with Crippen molar-refractivity contribution in [2.24, 2.45) is 0 Å². The molecule has 3 aromatic carbocycles. The van der Waals surface area contributed by atoms with Gasteiger partial charge in [0, 0.05) is 11.6 Å². The van der Waals surface area contributed by atoms with Crippen LogP contribution in [0.3, 0.4) is 0 Å². The number of hydrogen-bond donors (Lipinski definition) is 2. The van der Waals surface area contributed by atoms with Crippen molar-refractivity contribution in [2.75, 3.05) is 5.73 Å². The highest BCUT2D eigenvalue weighted by Crippen LogP contribution is 2.46. The molecule has 1 aliphatic rings. The molecule has 24 heavy (non-hydrogen) atoms. The van der Waals surface area contributed by atoms with E-state index in [1.807, 2.05) is 18.2 Å². The molecule has 0 radical (unpaired) electrons. The molecule has 0 fully saturated rings. The first-order valence-electron chi connectivity index (χ1n) is 8.44. The van der Waals surface area contributed by atoms with Crippen LogP contribution in [0, 0.1) is 0 Å². The lowest BCUT2D eigenvalue weighted by molar-refractivity contribution is 0.469. The van der Waals surface area contributed by atoms with Gasteiger partial charge in [0.1, 0.15) is 5.75 Å². The van der Waals surface area contributed by atoms with Crippen LogP contribution < -0.4 is 5.73 Å². The highest BCUT2D eigenvalue weighted by molar-refractivity contribution is 5.49. The minimum Gasteiger partial charge on any atom is -0.508 e. The predicted molar refractivity (Wildman–Crippen MR) is 98.3 cm³/mol. The number of phenols is 1. The van der Waals surface area contributed by atoms with Crippen LogP contribution in [0.1, 0.15) is 40.5 Å². The number of nitrogen functional groups attached to an aromatic ring is 1. The van der Waals surface area contributed by atoms with Crippen molar-refractivity contribution in [1.29, 1.82) is 0 Å². The molecule has 0 aromatic heterocycles. The molecule has 0 amide bonds. The molecule has 2 nitrogen and oxygen atoms in total. The summed E-state index contributed by atoms with van der Waals surface area (Å²) in [5.41, 5.74) is 11.9. The Labute approximate surface area is 142 Å². The summed E-state index contributed by atoms with van der Waals surface area (Å²) in [5, 5.41) is 9.85. The van der Waals surface area contributed by atoms with Crippen LogP contribution in [-0.2, 0) is 6.42 Å². The Bertz CT molecular complexity index is 840. The molecule has 4 rings (SSSR count). The highest BCUT2D eigenvalue weighted by atomic mass is 16.3. The molecule has 120 valence electrons. The normalized spacial score (nSPS) is 19.7. The minimum atomic E-state index is 0.289. The largest absolute Gasteiger partial charge is 0.508 e. The summed E-state index contributed by atoms with van der Waals surface area (Å²) in [6.07, 6.45) is 2.07. The average Bonchev–Trinajstić information content (AvgIpc) is 2.62. The molecule has 0 heterocycles. The second-order valence-corrected chi connectivity index (χ2v) is 6.58. The molecule has 3 N–H and O–H groups in total. The molecule has 0 aliphatic heterocycles. The zero-order valence-corrected chi connectivity index (χ0v) is 13.5. The van der Waals surface area contributed by atoms with E-state index in [4.69, 9.17) is 5.73 Å². The van der Waals surface area contributed by atoms with Crippen molar-refractivity contribution in [1.82, 2.24) is 0 Å². The number of aryl methyl sites for hydroxylation is 1. The third-order valence-electron chi connectivity index (χ3n) is 5.11. The Morgan fingerprint density at radius 3 is 2.33 bits per heavy atom. The Balaban J connectivity index is 1.86. The van der Waals surface area contributed by atoms with E-state index in [1.165, 1.54) is 22.3 Å². The zero-order chi connectivity index (χ0) is 16.5. The molecule has 0 bridgehead atoms. The van der Waals surface area contributed by atoms with Gasteiger partial charge in [-0.05, 0) is 65.3 Å². The average molecular weight is 315 g/mol. The maximum atomic E-state index is 9.85. The highest BCUT2D eigenvalue weighted by Gasteiger charge is 2.31. The number of anilines is 1. The minimum absolute atomic E-state index is 0.289. The Hall–Kier alpha value is -2.74. The topological polar surface area (TPSA) is 46.2 Å². The fraction of sp³-hybridized carbons (Fsp3) is 0.182. The zero-order valence-electron chi connectivity index (χ0n) is 13.5. The van der Waals surface area contributed by atoms with E-state index >= 15 is 0 Å². The van der Waals surface area contributed by atoms with Gasteiger partial charge < -0.3 is 10.8 Å². The first-order chi connectivity index (χ1) is 11.7. The van der Waals surface area contributed by atoms with Crippen molar-refractivity contribution in [3.05, 3.63) is 95.1 Å². The number of hydrogen-bond acceptors (Lipinski definition) is 2. The Morgan fingerprint density at radius 2 is 1.58 bits per heavy atom. The van der Waals surface area contributed by atoms with Crippen LogP contribution in [-0.4, -0.2) is 5.11 Å². The molecule has 1 aliphatic carbocycles. The summed E-state index contributed by atoms with van der Waals surface area (Å²) in [4.78, 5) is 0. The van der Waals surface area contributed by atoms with Crippen LogP contribution in [0.15, 0.2) is 72.8 Å². The van der Waals surface area contributed by atoms with E-state index in [0.29, 0.717) is 11.7 Å². The first kappa shape index (κ1) is 14.8. The lowest BCUT2D eigenvalue weighted by Crippen LogP contribution is -2.20. The van der Waals surface area contributed by atoms with E-state index in [-0.39, 0.29) is 5.92 Å².